The highest BCUT2D eigenvalue weighted by molar-refractivity contribution is 7.99. The normalized spacial score (nSPS) is 18.6. The van der Waals surface area contributed by atoms with Crippen molar-refractivity contribution in [3.8, 4) is 0 Å². The first kappa shape index (κ1) is 17.0. The van der Waals surface area contributed by atoms with E-state index in [-0.39, 0.29) is 5.69 Å². The van der Waals surface area contributed by atoms with Crippen LogP contribution in [-0.4, -0.2) is 52.5 Å². The Hall–Kier alpha value is -0.850. The van der Waals surface area contributed by atoms with E-state index in [1.54, 1.807) is 11.8 Å². The van der Waals surface area contributed by atoms with E-state index in [4.69, 9.17) is 4.74 Å². The predicted molar refractivity (Wildman–Crippen MR) is 93.4 cm³/mol. The van der Waals surface area contributed by atoms with E-state index in [0.29, 0.717) is 5.25 Å². The Balaban J connectivity index is 1.69. The molecule has 1 aliphatic carbocycles. The third-order valence-corrected chi connectivity index (χ3v) is 5.54. The van der Waals surface area contributed by atoms with Gasteiger partial charge in [-0.15, -0.1) is 11.8 Å². The predicted octanol–water partition coefficient (Wildman–Crippen LogP) is 1.95. The summed E-state index contributed by atoms with van der Waals surface area (Å²) in [6, 6.07) is 0. The van der Waals surface area contributed by atoms with Crippen LogP contribution in [0.3, 0.4) is 0 Å². The van der Waals surface area contributed by atoms with E-state index in [9.17, 15) is 4.79 Å². The van der Waals surface area contributed by atoms with Crippen molar-refractivity contribution in [1.82, 2.24) is 14.5 Å². The summed E-state index contributed by atoms with van der Waals surface area (Å²) in [5, 5.41) is 1.44. The zero-order chi connectivity index (χ0) is 16.2. The number of ether oxygens (including phenoxy) is 1. The molecular weight excluding hydrogens is 310 g/mol. The minimum absolute atomic E-state index is 0.0595. The van der Waals surface area contributed by atoms with Crippen molar-refractivity contribution >= 4 is 11.8 Å². The van der Waals surface area contributed by atoms with E-state index in [2.05, 4.69) is 23.7 Å². The van der Waals surface area contributed by atoms with Gasteiger partial charge in [0.1, 0.15) is 5.03 Å². The van der Waals surface area contributed by atoms with E-state index in [1.807, 2.05) is 4.57 Å². The van der Waals surface area contributed by atoms with Gasteiger partial charge in [-0.1, -0.05) is 13.8 Å². The Bertz CT molecular complexity index is 594. The molecule has 1 saturated heterocycles. The van der Waals surface area contributed by atoms with E-state index >= 15 is 0 Å². The van der Waals surface area contributed by atoms with Crippen LogP contribution in [-0.2, 0) is 24.1 Å². The van der Waals surface area contributed by atoms with Crippen molar-refractivity contribution in [2.24, 2.45) is 0 Å². The molecule has 5 nitrogen and oxygen atoms in total. The Kier molecular flexibility index (Phi) is 5.77. The number of rotatable bonds is 6. The highest BCUT2D eigenvalue weighted by Gasteiger charge is 2.22. The molecule has 1 fully saturated rings. The summed E-state index contributed by atoms with van der Waals surface area (Å²) in [5.74, 6) is 0. The van der Waals surface area contributed by atoms with Crippen molar-refractivity contribution in [2.75, 3.05) is 32.8 Å². The standard InChI is InChI=1S/C17H27N3O2S/c1-13(2)23-16-14-5-3-6-15(14)20(17(21)18-16)8-4-7-19-9-11-22-12-10-19/h13H,3-12H2,1-2H3. The van der Waals surface area contributed by atoms with Crippen LogP contribution in [0.15, 0.2) is 9.82 Å². The van der Waals surface area contributed by atoms with Crippen molar-refractivity contribution in [1.29, 1.82) is 0 Å². The van der Waals surface area contributed by atoms with E-state index < -0.39 is 0 Å². The first-order valence-corrected chi connectivity index (χ1v) is 9.62. The number of aromatic nitrogens is 2. The summed E-state index contributed by atoms with van der Waals surface area (Å²) < 4.78 is 7.32. The maximum absolute atomic E-state index is 12.5. The van der Waals surface area contributed by atoms with Crippen LogP contribution in [0.2, 0.25) is 0 Å². The summed E-state index contributed by atoms with van der Waals surface area (Å²) in [7, 11) is 0. The monoisotopic (exact) mass is 337 g/mol. The average molecular weight is 337 g/mol. The highest BCUT2D eigenvalue weighted by Crippen LogP contribution is 2.31. The van der Waals surface area contributed by atoms with Crippen LogP contribution >= 0.6 is 11.8 Å². The molecule has 0 radical (unpaired) electrons. The van der Waals surface area contributed by atoms with Crippen molar-refractivity contribution in [3.63, 3.8) is 0 Å². The van der Waals surface area contributed by atoms with E-state index in [0.717, 1.165) is 70.1 Å². The fraction of sp³-hybridized carbons (Fsp3) is 0.765. The van der Waals surface area contributed by atoms with Gasteiger partial charge in [0.25, 0.3) is 0 Å². The Labute approximate surface area is 142 Å². The molecule has 1 aromatic rings. The molecule has 2 heterocycles. The van der Waals surface area contributed by atoms with Gasteiger partial charge in [0.15, 0.2) is 0 Å². The largest absolute Gasteiger partial charge is 0.379 e. The summed E-state index contributed by atoms with van der Waals surface area (Å²) in [6.45, 7) is 9.81. The van der Waals surface area contributed by atoms with Crippen LogP contribution in [0.25, 0.3) is 0 Å². The number of morpholine rings is 1. The second kappa shape index (κ2) is 7.81. The van der Waals surface area contributed by atoms with Crippen molar-refractivity contribution in [3.05, 3.63) is 21.7 Å². The zero-order valence-corrected chi connectivity index (χ0v) is 15.0. The number of thioether (sulfide) groups is 1. The lowest BCUT2D eigenvalue weighted by Crippen LogP contribution is -2.37. The molecule has 128 valence electrons. The molecule has 0 aromatic carbocycles. The van der Waals surface area contributed by atoms with Crippen LogP contribution in [0.1, 0.15) is 37.9 Å². The quantitative estimate of drug-likeness (QED) is 0.587. The maximum Gasteiger partial charge on any atom is 0.348 e. The van der Waals surface area contributed by atoms with Crippen LogP contribution in [0.5, 0.6) is 0 Å². The number of hydrogen-bond acceptors (Lipinski definition) is 5. The van der Waals surface area contributed by atoms with Crippen LogP contribution in [0.4, 0.5) is 0 Å². The second-order valence-electron chi connectivity index (χ2n) is 6.60. The molecule has 6 heteroatoms. The first-order chi connectivity index (χ1) is 11.1. The van der Waals surface area contributed by atoms with Gasteiger partial charge in [0.2, 0.25) is 0 Å². The van der Waals surface area contributed by atoms with Crippen molar-refractivity contribution < 1.29 is 4.74 Å². The lowest BCUT2D eigenvalue weighted by Gasteiger charge is -2.26. The Morgan fingerprint density at radius 1 is 1.22 bits per heavy atom. The van der Waals surface area contributed by atoms with Gasteiger partial charge in [0, 0.05) is 42.7 Å². The fourth-order valence-electron chi connectivity index (χ4n) is 3.41. The zero-order valence-electron chi connectivity index (χ0n) is 14.2. The maximum atomic E-state index is 12.5. The molecule has 1 aliphatic heterocycles. The SMILES string of the molecule is CC(C)Sc1nc(=O)n(CCCN2CCOCC2)c2c1CCC2. The first-order valence-electron chi connectivity index (χ1n) is 8.74. The molecule has 2 aliphatic rings. The molecule has 0 amide bonds. The summed E-state index contributed by atoms with van der Waals surface area (Å²) in [4.78, 5) is 19.3. The Morgan fingerprint density at radius 2 is 2.00 bits per heavy atom. The summed E-state index contributed by atoms with van der Waals surface area (Å²) >= 11 is 1.73. The van der Waals surface area contributed by atoms with Gasteiger partial charge in [0.05, 0.1) is 13.2 Å². The number of hydrogen-bond donors (Lipinski definition) is 0. The fourth-order valence-corrected chi connectivity index (χ4v) is 4.35. The molecule has 0 atom stereocenters. The van der Waals surface area contributed by atoms with Crippen LogP contribution < -0.4 is 5.69 Å². The summed E-state index contributed by atoms with van der Waals surface area (Å²) in [6.07, 6.45) is 4.25. The van der Waals surface area contributed by atoms with Gasteiger partial charge in [-0.2, -0.15) is 4.98 Å². The topological polar surface area (TPSA) is 47.4 Å². The molecule has 0 bridgehead atoms. The minimum atomic E-state index is -0.0595. The smallest absolute Gasteiger partial charge is 0.348 e. The third kappa shape index (κ3) is 4.17. The van der Waals surface area contributed by atoms with Gasteiger partial charge >= 0.3 is 5.69 Å². The molecule has 23 heavy (non-hydrogen) atoms. The van der Waals surface area contributed by atoms with Gasteiger partial charge < -0.3 is 4.74 Å². The van der Waals surface area contributed by atoms with Gasteiger partial charge in [-0.3, -0.25) is 9.47 Å². The van der Waals surface area contributed by atoms with Gasteiger partial charge in [-0.05, 0) is 25.7 Å². The molecule has 0 N–H and O–H groups in total. The number of fused-ring (bicyclic) bond motifs is 1. The third-order valence-electron chi connectivity index (χ3n) is 4.51. The lowest BCUT2D eigenvalue weighted by atomic mass is 10.2. The lowest BCUT2D eigenvalue weighted by molar-refractivity contribution is 0.0368. The molecule has 3 rings (SSSR count). The highest BCUT2D eigenvalue weighted by atomic mass is 32.2. The molecule has 0 saturated carbocycles. The second-order valence-corrected chi connectivity index (χ2v) is 8.17. The molecular formula is C17H27N3O2S. The molecule has 0 spiro atoms. The Morgan fingerprint density at radius 3 is 2.74 bits per heavy atom. The summed E-state index contributed by atoms with van der Waals surface area (Å²) in [5.41, 5.74) is 2.51. The molecule has 1 aromatic heterocycles. The number of nitrogens with zero attached hydrogens (tertiary/aromatic N) is 3. The van der Waals surface area contributed by atoms with Crippen LogP contribution in [0, 0.1) is 0 Å². The minimum Gasteiger partial charge on any atom is -0.379 e. The van der Waals surface area contributed by atoms with E-state index in [1.165, 1.54) is 11.3 Å². The van der Waals surface area contributed by atoms with Crippen molar-refractivity contribution in [2.45, 2.75) is 56.4 Å². The van der Waals surface area contributed by atoms with Gasteiger partial charge in [-0.25, -0.2) is 4.79 Å². The average Bonchev–Trinajstić information content (AvgIpc) is 3.00. The molecule has 0 unspecified atom stereocenters.